The fourth-order valence-electron chi connectivity index (χ4n) is 1.51. The number of hydrogen-bond acceptors (Lipinski definition) is 3. The molecule has 0 saturated heterocycles. The van der Waals surface area contributed by atoms with Gasteiger partial charge in [0.25, 0.3) is 0 Å². The summed E-state index contributed by atoms with van der Waals surface area (Å²) in [6, 6.07) is 7.70. The van der Waals surface area contributed by atoms with Gasteiger partial charge in [0.15, 0.2) is 0 Å². The molecule has 1 aromatic carbocycles. The average molecular weight is 265 g/mol. The van der Waals surface area contributed by atoms with Crippen molar-refractivity contribution in [3.8, 4) is 11.5 Å². The zero-order valence-electron chi connectivity index (χ0n) is 13.0. The van der Waals surface area contributed by atoms with Crippen LogP contribution in [-0.4, -0.2) is 25.8 Å². The van der Waals surface area contributed by atoms with Crippen molar-refractivity contribution < 1.29 is 9.47 Å². The fourth-order valence-corrected chi connectivity index (χ4v) is 1.51. The minimum atomic E-state index is 0.0905. The highest BCUT2D eigenvalue weighted by Gasteiger charge is 2.21. The Hall–Kier alpha value is -1.22. The first-order valence-electron chi connectivity index (χ1n) is 6.74. The van der Waals surface area contributed by atoms with Crippen LogP contribution in [0.3, 0.4) is 0 Å². The highest BCUT2D eigenvalue weighted by Crippen LogP contribution is 2.21. The minimum absolute atomic E-state index is 0.0905. The van der Waals surface area contributed by atoms with Crippen molar-refractivity contribution in [2.24, 2.45) is 5.41 Å². The molecule has 0 atom stereocenters. The van der Waals surface area contributed by atoms with Crippen molar-refractivity contribution in [3.63, 3.8) is 0 Å². The predicted octanol–water partition coefficient (Wildman–Crippen LogP) is 3.49. The first-order chi connectivity index (χ1) is 8.72. The lowest BCUT2D eigenvalue weighted by Gasteiger charge is -2.30. The maximum atomic E-state index is 5.84. The van der Waals surface area contributed by atoms with E-state index in [1.165, 1.54) is 0 Å². The maximum Gasteiger partial charge on any atom is 0.119 e. The van der Waals surface area contributed by atoms with Gasteiger partial charge < -0.3 is 14.8 Å². The number of nitrogens with one attached hydrogen (secondary N) is 1. The van der Waals surface area contributed by atoms with Gasteiger partial charge in [0.2, 0.25) is 0 Å². The van der Waals surface area contributed by atoms with Gasteiger partial charge in [-0.05, 0) is 45.0 Å². The molecule has 0 bridgehead atoms. The Labute approximate surface area is 117 Å². The number of ether oxygens (including phenoxy) is 2. The lowest BCUT2D eigenvalue weighted by molar-refractivity contribution is 0.165. The highest BCUT2D eigenvalue weighted by atomic mass is 16.5. The molecule has 0 amide bonds. The number of methoxy groups -OCH3 is 1. The molecule has 1 rings (SSSR count). The smallest absolute Gasteiger partial charge is 0.119 e. The zero-order valence-corrected chi connectivity index (χ0v) is 13.0. The van der Waals surface area contributed by atoms with Crippen LogP contribution in [0.2, 0.25) is 0 Å². The third-order valence-corrected chi connectivity index (χ3v) is 2.79. The summed E-state index contributed by atoms with van der Waals surface area (Å²) in [5.74, 6) is 1.73. The van der Waals surface area contributed by atoms with Gasteiger partial charge in [-0.1, -0.05) is 13.8 Å². The van der Waals surface area contributed by atoms with Crippen molar-refractivity contribution >= 4 is 0 Å². The predicted molar refractivity (Wildman–Crippen MR) is 80.0 cm³/mol. The third kappa shape index (κ3) is 6.48. The normalized spacial score (nSPS) is 12.3. The monoisotopic (exact) mass is 265 g/mol. The van der Waals surface area contributed by atoms with Gasteiger partial charge >= 0.3 is 0 Å². The summed E-state index contributed by atoms with van der Waals surface area (Å²) in [4.78, 5) is 0. The Bertz CT molecular complexity index is 377. The van der Waals surface area contributed by atoms with Crippen LogP contribution in [-0.2, 0) is 0 Å². The quantitative estimate of drug-likeness (QED) is 0.854. The van der Waals surface area contributed by atoms with E-state index in [4.69, 9.17) is 9.47 Å². The van der Waals surface area contributed by atoms with Gasteiger partial charge in [-0.15, -0.1) is 0 Å². The summed E-state index contributed by atoms with van der Waals surface area (Å²) in [6.45, 7) is 12.5. The van der Waals surface area contributed by atoms with E-state index < -0.39 is 0 Å². The zero-order chi connectivity index (χ0) is 14.5. The largest absolute Gasteiger partial charge is 0.497 e. The van der Waals surface area contributed by atoms with Crippen LogP contribution in [0, 0.1) is 5.41 Å². The van der Waals surface area contributed by atoms with E-state index in [-0.39, 0.29) is 11.0 Å². The molecule has 0 radical (unpaired) electrons. The fraction of sp³-hybridized carbons (Fsp3) is 0.625. The molecule has 0 aliphatic heterocycles. The van der Waals surface area contributed by atoms with Crippen molar-refractivity contribution in [2.45, 2.75) is 40.2 Å². The summed E-state index contributed by atoms with van der Waals surface area (Å²) in [5.41, 5.74) is 0.227. The molecule has 0 spiro atoms. The van der Waals surface area contributed by atoms with E-state index in [0.717, 1.165) is 18.0 Å². The van der Waals surface area contributed by atoms with E-state index in [2.05, 4.69) is 39.9 Å². The Kier molecular flexibility index (Phi) is 5.24. The van der Waals surface area contributed by atoms with E-state index in [1.54, 1.807) is 7.11 Å². The number of hydrogen-bond donors (Lipinski definition) is 1. The molecule has 0 aliphatic rings. The molecule has 0 heterocycles. The van der Waals surface area contributed by atoms with Gasteiger partial charge in [-0.2, -0.15) is 0 Å². The van der Waals surface area contributed by atoms with E-state index in [0.29, 0.717) is 6.61 Å². The summed E-state index contributed by atoms with van der Waals surface area (Å²) in [5, 5.41) is 3.52. The second kappa shape index (κ2) is 6.29. The van der Waals surface area contributed by atoms with Crippen LogP contribution in [0.1, 0.15) is 34.6 Å². The molecular weight excluding hydrogens is 238 g/mol. The molecule has 3 nitrogen and oxygen atoms in total. The Morgan fingerprint density at radius 3 is 1.95 bits per heavy atom. The Morgan fingerprint density at radius 1 is 0.947 bits per heavy atom. The van der Waals surface area contributed by atoms with Crippen LogP contribution < -0.4 is 14.8 Å². The van der Waals surface area contributed by atoms with Crippen molar-refractivity contribution in [1.29, 1.82) is 0 Å². The molecule has 3 heteroatoms. The molecular formula is C16H27NO2. The third-order valence-electron chi connectivity index (χ3n) is 2.79. The van der Waals surface area contributed by atoms with Crippen molar-refractivity contribution in [2.75, 3.05) is 20.3 Å². The minimum Gasteiger partial charge on any atom is -0.497 e. The van der Waals surface area contributed by atoms with Gasteiger partial charge in [-0.3, -0.25) is 0 Å². The number of benzene rings is 1. The SMILES string of the molecule is COc1ccc(OCC(C)(C)CNC(C)(C)C)cc1. The first-order valence-corrected chi connectivity index (χ1v) is 6.74. The molecule has 108 valence electrons. The molecule has 0 unspecified atom stereocenters. The molecule has 19 heavy (non-hydrogen) atoms. The van der Waals surface area contributed by atoms with E-state index >= 15 is 0 Å². The standard InChI is InChI=1S/C16H27NO2/c1-15(2,3)17-11-16(4,5)12-19-14-9-7-13(18-6)8-10-14/h7-10,17H,11-12H2,1-6H3. The molecule has 1 aromatic rings. The van der Waals surface area contributed by atoms with Gasteiger partial charge in [-0.25, -0.2) is 0 Å². The molecule has 0 aliphatic carbocycles. The number of rotatable bonds is 6. The topological polar surface area (TPSA) is 30.5 Å². The molecule has 0 aromatic heterocycles. The van der Waals surface area contributed by atoms with Gasteiger partial charge in [0.1, 0.15) is 11.5 Å². The van der Waals surface area contributed by atoms with Crippen LogP contribution in [0.25, 0.3) is 0 Å². The molecule has 0 saturated carbocycles. The second-order valence-corrected chi connectivity index (χ2v) is 6.73. The maximum absolute atomic E-state index is 5.84. The van der Waals surface area contributed by atoms with E-state index in [9.17, 15) is 0 Å². The summed E-state index contributed by atoms with van der Waals surface area (Å²) >= 11 is 0. The van der Waals surface area contributed by atoms with Crippen LogP contribution >= 0.6 is 0 Å². The highest BCUT2D eigenvalue weighted by molar-refractivity contribution is 5.31. The average Bonchev–Trinajstić information content (AvgIpc) is 2.34. The van der Waals surface area contributed by atoms with Crippen molar-refractivity contribution in [3.05, 3.63) is 24.3 Å². The lowest BCUT2D eigenvalue weighted by atomic mass is 9.93. The van der Waals surface area contributed by atoms with Gasteiger partial charge in [0.05, 0.1) is 13.7 Å². The summed E-state index contributed by atoms with van der Waals surface area (Å²) < 4.78 is 11.0. The van der Waals surface area contributed by atoms with Crippen LogP contribution in [0.15, 0.2) is 24.3 Å². The van der Waals surface area contributed by atoms with Crippen molar-refractivity contribution in [1.82, 2.24) is 5.32 Å². The molecule has 1 N–H and O–H groups in total. The lowest BCUT2D eigenvalue weighted by Crippen LogP contribution is -2.43. The Morgan fingerprint density at radius 2 is 1.47 bits per heavy atom. The Balaban J connectivity index is 2.45. The second-order valence-electron chi connectivity index (χ2n) is 6.73. The summed E-state index contributed by atoms with van der Waals surface area (Å²) in [7, 11) is 1.66. The summed E-state index contributed by atoms with van der Waals surface area (Å²) in [6.07, 6.45) is 0. The van der Waals surface area contributed by atoms with Crippen LogP contribution in [0.4, 0.5) is 0 Å². The van der Waals surface area contributed by atoms with Gasteiger partial charge in [0, 0.05) is 17.5 Å². The van der Waals surface area contributed by atoms with Crippen LogP contribution in [0.5, 0.6) is 11.5 Å². The molecule has 0 fully saturated rings. The van der Waals surface area contributed by atoms with E-state index in [1.807, 2.05) is 24.3 Å². The first kappa shape index (κ1) is 15.8.